The summed E-state index contributed by atoms with van der Waals surface area (Å²) in [5.74, 6) is -0.884. The number of carboxylic acid groups (broad SMARTS) is 1. The average molecular weight is 312 g/mol. The molecule has 2 atom stereocenters. The second kappa shape index (κ2) is 8.86. The van der Waals surface area contributed by atoms with Gasteiger partial charge in [0, 0.05) is 26.2 Å². The highest BCUT2D eigenvalue weighted by Gasteiger charge is 2.37. The SMILES string of the molecule is O=C(O)C1CN(CCN2CCCCC2)CC1CCCB(O)O. The van der Waals surface area contributed by atoms with Crippen LogP contribution in [0.15, 0.2) is 0 Å². The molecule has 7 heteroatoms. The van der Waals surface area contributed by atoms with E-state index < -0.39 is 13.1 Å². The quantitative estimate of drug-likeness (QED) is 0.561. The van der Waals surface area contributed by atoms with E-state index in [0.717, 1.165) is 26.1 Å². The van der Waals surface area contributed by atoms with Crippen molar-refractivity contribution in [1.29, 1.82) is 0 Å². The van der Waals surface area contributed by atoms with Crippen LogP contribution in [0.1, 0.15) is 32.1 Å². The lowest BCUT2D eigenvalue weighted by atomic mass is 9.80. The molecule has 6 nitrogen and oxygen atoms in total. The van der Waals surface area contributed by atoms with Gasteiger partial charge < -0.3 is 25.0 Å². The van der Waals surface area contributed by atoms with E-state index in [0.29, 0.717) is 19.3 Å². The van der Waals surface area contributed by atoms with E-state index in [4.69, 9.17) is 10.0 Å². The highest BCUT2D eigenvalue weighted by atomic mass is 16.4. The average Bonchev–Trinajstić information content (AvgIpc) is 2.89. The van der Waals surface area contributed by atoms with Crippen LogP contribution in [-0.2, 0) is 4.79 Å². The van der Waals surface area contributed by atoms with Crippen molar-refractivity contribution in [3.63, 3.8) is 0 Å². The van der Waals surface area contributed by atoms with Crippen molar-refractivity contribution in [2.24, 2.45) is 11.8 Å². The first-order valence-corrected chi connectivity index (χ1v) is 8.60. The van der Waals surface area contributed by atoms with Crippen molar-refractivity contribution in [1.82, 2.24) is 9.80 Å². The summed E-state index contributed by atoms with van der Waals surface area (Å²) in [4.78, 5) is 16.2. The molecule has 126 valence electrons. The molecule has 22 heavy (non-hydrogen) atoms. The van der Waals surface area contributed by atoms with Gasteiger partial charge in [-0.15, -0.1) is 0 Å². The first-order chi connectivity index (χ1) is 10.6. The van der Waals surface area contributed by atoms with Crippen LogP contribution >= 0.6 is 0 Å². The number of rotatable bonds is 8. The molecule has 0 spiro atoms. The predicted octanol–water partition coefficient (Wildman–Crippen LogP) is 0.358. The van der Waals surface area contributed by atoms with E-state index in [1.54, 1.807) is 0 Å². The maximum atomic E-state index is 11.4. The first kappa shape index (κ1) is 17.7. The maximum absolute atomic E-state index is 11.4. The number of piperidine rings is 1. The molecule has 2 saturated heterocycles. The van der Waals surface area contributed by atoms with Gasteiger partial charge in [0.1, 0.15) is 0 Å². The molecule has 3 N–H and O–H groups in total. The summed E-state index contributed by atoms with van der Waals surface area (Å²) in [6, 6.07) is 0. The fourth-order valence-corrected chi connectivity index (χ4v) is 3.74. The van der Waals surface area contributed by atoms with E-state index in [2.05, 4.69) is 9.80 Å². The Kier molecular flexibility index (Phi) is 7.14. The van der Waals surface area contributed by atoms with Gasteiger partial charge in [-0.3, -0.25) is 4.79 Å². The van der Waals surface area contributed by atoms with E-state index in [-0.39, 0.29) is 11.8 Å². The Morgan fingerprint density at radius 1 is 1.05 bits per heavy atom. The highest BCUT2D eigenvalue weighted by Crippen LogP contribution is 2.28. The summed E-state index contributed by atoms with van der Waals surface area (Å²) in [5.41, 5.74) is 0. The number of nitrogens with zero attached hydrogens (tertiary/aromatic N) is 2. The number of aliphatic carboxylic acids is 1. The van der Waals surface area contributed by atoms with Gasteiger partial charge in [-0.1, -0.05) is 12.8 Å². The molecule has 0 radical (unpaired) electrons. The van der Waals surface area contributed by atoms with Gasteiger partial charge in [-0.25, -0.2) is 0 Å². The van der Waals surface area contributed by atoms with Crippen molar-refractivity contribution < 1.29 is 19.9 Å². The van der Waals surface area contributed by atoms with Crippen LogP contribution in [0.25, 0.3) is 0 Å². The van der Waals surface area contributed by atoms with Gasteiger partial charge in [-0.2, -0.15) is 0 Å². The third-order valence-electron chi connectivity index (χ3n) is 5.05. The summed E-state index contributed by atoms with van der Waals surface area (Å²) in [7, 11) is -1.28. The molecule has 0 aromatic carbocycles. The largest absolute Gasteiger partial charge is 0.481 e. The molecular weight excluding hydrogens is 283 g/mol. The zero-order valence-electron chi connectivity index (χ0n) is 13.4. The van der Waals surface area contributed by atoms with Gasteiger partial charge >= 0.3 is 13.1 Å². The van der Waals surface area contributed by atoms with Gasteiger partial charge in [0.2, 0.25) is 0 Å². The minimum absolute atomic E-state index is 0.137. The lowest BCUT2D eigenvalue weighted by Gasteiger charge is -2.28. The molecule has 0 aromatic heterocycles. The molecular formula is C15H29BN2O4. The molecule has 0 aliphatic carbocycles. The molecule has 2 fully saturated rings. The second-order valence-electron chi connectivity index (χ2n) is 6.78. The Balaban J connectivity index is 1.75. The van der Waals surface area contributed by atoms with Crippen LogP contribution < -0.4 is 0 Å². The number of carboxylic acids is 1. The van der Waals surface area contributed by atoms with E-state index in [1.165, 1.54) is 32.4 Å². The van der Waals surface area contributed by atoms with Gasteiger partial charge in [0.15, 0.2) is 0 Å². The Labute approximate surface area is 133 Å². The van der Waals surface area contributed by atoms with E-state index >= 15 is 0 Å². The topological polar surface area (TPSA) is 84.2 Å². The predicted molar refractivity (Wildman–Crippen MR) is 85.6 cm³/mol. The fourth-order valence-electron chi connectivity index (χ4n) is 3.74. The monoisotopic (exact) mass is 312 g/mol. The molecule has 0 amide bonds. The van der Waals surface area contributed by atoms with E-state index in [9.17, 15) is 9.90 Å². The third-order valence-corrected chi connectivity index (χ3v) is 5.05. The number of hydrogen-bond acceptors (Lipinski definition) is 5. The lowest BCUT2D eigenvalue weighted by Crippen LogP contribution is -2.37. The Bertz CT molecular complexity index is 350. The molecule has 2 aliphatic heterocycles. The summed E-state index contributed by atoms with van der Waals surface area (Å²) in [6.45, 7) is 5.79. The van der Waals surface area contributed by atoms with Crippen LogP contribution in [0.5, 0.6) is 0 Å². The highest BCUT2D eigenvalue weighted by molar-refractivity contribution is 6.40. The second-order valence-corrected chi connectivity index (χ2v) is 6.78. The fraction of sp³-hybridized carbons (Fsp3) is 0.933. The standard InChI is InChI=1S/C15H29BN2O4/c19-15(20)14-12-18(10-9-17-7-2-1-3-8-17)11-13(14)5-4-6-16(21)22/h13-14,21-22H,1-12H2,(H,19,20). The summed E-state index contributed by atoms with van der Waals surface area (Å²) in [6.07, 6.45) is 5.66. The first-order valence-electron chi connectivity index (χ1n) is 8.60. The van der Waals surface area contributed by atoms with E-state index in [1.807, 2.05) is 0 Å². The van der Waals surface area contributed by atoms with Crippen molar-refractivity contribution >= 4 is 13.1 Å². The normalized spacial score (nSPS) is 27.2. The molecule has 2 unspecified atom stereocenters. The smallest absolute Gasteiger partial charge is 0.451 e. The molecule has 2 heterocycles. The van der Waals surface area contributed by atoms with Crippen LogP contribution in [0.2, 0.25) is 6.32 Å². The van der Waals surface area contributed by atoms with Crippen LogP contribution in [-0.4, -0.2) is 77.3 Å². The summed E-state index contributed by atoms with van der Waals surface area (Å²) < 4.78 is 0. The van der Waals surface area contributed by atoms with Gasteiger partial charge in [0.25, 0.3) is 0 Å². The zero-order valence-corrected chi connectivity index (χ0v) is 13.4. The van der Waals surface area contributed by atoms with Crippen molar-refractivity contribution in [2.75, 3.05) is 39.3 Å². The van der Waals surface area contributed by atoms with Gasteiger partial charge in [0.05, 0.1) is 5.92 Å². The molecule has 0 aromatic rings. The summed E-state index contributed by atoms with van der Waals surface area (Å²) >= 11 is 0. The van der Waals surface area contributed by atoms with Crippen LogP contribution in [0, 0.1) is 11.8 Å². The van der Waals surface area contributed by atoms with Crippen molar-refractivity contribution in [2.45, 2.75) is 38.4 Å². The molecule has 2 rings (SSSR count). The summed E-state index contributed by atoms with van der Waals surface area (Å²) in [5, 5.41) is 27.2. The molecule has 2 aliphatic rings. The zero-order chi connectivity index (χ0) is 15.9. The van der Waals surface area contributed by atoms with Crippen molar-refractivity contribution in [3.8, 4) is 0 Å². The number of hydrogen-bond donors (Lipinski definition) is 3. The lowest BCUT2D eigenvalue weighted by molar-refractivity contribution is -0.142. The molecule has 0 bridgehead atoms. The maximum Gasteiger partial charge on any atom is 0.451 e. The Morgan fingerprint density at radius 3 is 2.36 bits per heavy atom. The van der Waals surface area contributed by atoms with Crippen LogP contribution in [0.3, 0.4) is 0 Å². The third kappa shape index (κ3) is 5.54. The minimum Gasteiger partial charge on any atom is -0.481 e. The molecule has 0 saturated carbocycles. The Morgan fingerprint density at radius 2 is 1.73 bits per heavy atom. The minimum atomic E-state index is -1.28. The van der Waals surface area contributed by atoms with Gasteiger partial charge in [-0.05, 0) is 44.6 Å². The Hall–Kier alpha value is -0.625. The number of carbonyl (C=O) groups is 1. The number of likely N-dealkylation sites (tertiary alicyclic amines) is 2. The van der Waals surface area contributed by atoms with Crippen LogP contribution in [0.4, 0.5) is 0 Å². The van der Waals surface area contributed by atoms with Crippen molar-refractivity contribution in [3.05, 3.63) is 0 Å².